The molecule has 40 heavy (non-hydrogen) atoms. The molecule has 2 heterocycles. The van der Waals surface area contributed by atoms with Gasteiger partial charge < -0.3 is 29.8 Å². The van der Waals surface area contributed by atoms with Crippen molar-refractivity contribution in [3.05, 3.63) is 64.6 Å². The van der Waals surface area contributed by atoms with E-state index in [1.807, 2.05) is 19.9 Å². The molecular formula is C30H38BNO8. The van der Waals surface area contributed by atoms with Gasteiger partial charge in [0.1, 0.15) is 18.1 Å². The molecule has 0 radical (unpaired) electrons. The van der Waals surface area contributed by atoms with Crippen molar-refractivity contribution in [2.24, 2.45) is 17.8 Å². The lowest BCUT2D eigenvalue weighted by Gasteiger charge is -2.36. The van der Waals surface area contributed by atoms with Gasteiger partial charge in [0.15, 0.2) is 0 Å². The third-order valence-corrected chi connectivity index (χ3v) is 8.10. The van der Waals surface area contributed by atoms with Crippen LogP contribution in [0.15, 0.2) is 57.5 Å². The summed E-state index contributed by atoms with van der Waals surface area (Å²) < 4.78 is 5.57. The van der Waals surface area contributed by atoms with Gasteiger partial charge >= 0.3 is 7.12 Å². The zero-order chi connectivity index (χ0) is 29.0. The largest absolute Gasteiger partial charge is 0.488 e. The Bertz CT molecular complexity index is 1280. The lowest BCUT2D eigenvalue weighted by molar-refractivity contribution is -0.123. The number of nitrogens with zero attached hydrogens (tertiary/aromatic N) is 1. The molecule has 4 atom stereocenters. The Labute approximate surface area is 234 Å². The fourth-order valence-corrected chi connectivity index (χ4v) is 6.16. The van der Waals surface area contributed by atoms with Crippen molar-refractivity contribution >= 4 is 36.2 Å². The van der Waals surface area contributed by atoms with Gasteiger partial charge in [-0.3, -0.25) is 14.5 Å². The number of aliphatic hydroxyl groups excluding tert-OH is 3. The zero-order valence-corrected chi connectivity index (χ0v) is 23.0. The highest BCUT2D eigenvalue weighted by molar-refractivity contribution is 6.58. The van der Waals surface area contributed by atoms with Crippen LogP contribution < -0.4 is 10.4 Å². The van der Waals surface area contributed by atoms with Crippen molar-refractivity contribution in [2.45, 2.75) is 65.1 Å². The summed E-state index contributed by atoms with van der Waals surface area (Å²) in [7, 11) is -1.74. The molecule has 1 aliphatic heterocycles. The van der Waals surface area contributed by atoms with Crippen LogP contribution in [0.4, 0.5) is 5.69 Å². The number of amides is 2. The molecule has 9 nitrogen and oxygen atoms in total. The first-order valence-corrected chi connectivity index (χ1v) is 14.0. The number of hydrogen-bond acceptors (Lipinski definition) is 8. The van der Waals surface area contributed by atoms with E-state index in [2.05, 4.69) is 0 Å². The highest BCUT2D eigenvalue weighted by atomic mass is 16.4. The van der Waals surface area contributed by atoms with Gasteiger partial charge in [0.05, 0.1) is 30.2 Å². The van der Waals surface area contributed by atoms with Gasteiger partial charge in [-0.25, -0.2) is 0 Å². The molecule has 1 aromatic carbocycles. The van der Waals surface area contributed by atoms with Crippen LogP contribution in [0.3, 0.4) is 0 Å². The molecule has 5 N–H and O–H groups in total. The number of carbonyl (C=O) groups excluding carboxylic acids is 2. The smallest absolute Gasteiger partial charge is 0.459 e. The summed E-state index contributed by atoms with van der Waals surface area (Å²) in [4.78, 5) is 28.3. The number of aliphatic hydroxyl groups is 3. The highest BCUT2D eigenvalue weighted by Crippen LogP contribution is 2.48. The minimum Gasteiger partial charge on any atom is -0.459 e. The van der Waals surface area contributed by atoms with Crippen molar-refractivity contribution in [3.63, 3.8) is 0 Å². The Morgan fingerprint density at radius 3 is 2.55 bits per heavy atom. The van der Waals surface area contributed by atoms with Crippen LogP contribution in [-0.4, -0.2) is 57.0 Å². The molecule has 1 saturated heterocycles. The molecule has 2 aliphatic rings. The third-order valence-electron chi connectivity index (χ3n) is 8.10. The summed E-state index contributed by atoms with van der Waals surface area (Å²) in [6.07, 6.45) is 4.45. The maximum absolute atomic E-state index is 13.7. The molecule has 214 valence electrons. The summed E-state index contributed by atoms with van der Waals surface area (Å²) >= 11 is 0. The molecule has 0 spiro atoms. The summed E-state index contributed by atoms with van der Waals surface area (Å²) in [6.45, 7) is 3.47. The number of allylic oxidation sites excluding steroid dienone is 2. The van der Waals surface area contributed by atoms with Crippen molar-refractivity contribution in [1.82, 2.24) is 0 Å². The molecule has 0 unspecified atom stereocenters. The normalized spacial score (nSPS) is 22.2. The van der Waals surface area contributed by atoms with Crippen LogP contribution in [-0.2, 0) is 16.2 Å². The Morgan fingerprint density at radius 1 is 1.15 bits per heavy atom. The summed E-state index contributed by atoms with van der Waals surface area (Å²) in [5.41, 5.74) is 3.04. The molecule has 1 aliphatic carbocycles. The number of hydrogen-bond donors (Lipinski definition) is 5. The van der Waals surface area contributed by atoms with Crippen LogP contribution in [0.2, 0.25) is 0 Å². The van der Waals surface area contributed by atoms with E-state index >= 15 is 0 Å². The molecule has 0 saturated carbocycles. The fourth-order valence-electron chi connectivity index (χ4n) is 6.16. The topological polar surface area (TPSA) is 152 Å². The monoisotopic (exact) mass is 551 g/mol. The standard InChI is InChI=1S/C30H38BNO8/c1-3-6-19-14-24-28(30(37)32(29(24)36)21-8-5-7-20(15-21)31(38)39)25(17-34)27(19)26(35)12-9-18(4-2)13-22-10-11-23(16-33)40-22/h5,7-8,10-11,13,15,24-26,28,33-35,38-39H,3-4,6,9,12,14,16-17H2,1-2H3/b18-13+/t24-,25+,26-,28-/m1/s1. The van der Waals surface area contributed by atoms with E-state index < -0.39 is 36.9 Å². The number of anilines is 1. The third kappa shape index (κ3) is 6.01. The first kappa shape index (κ1) is 30.0. The van der Waals surface area contributed by atoms with E-state index in [-0.39, 0.29) is 30.3 Å². The quantitative estimate of drug-likeness (QED) is 0.153. The van der Waals surface area contributed by atoms with Crippen LogP contribution in [0.1, 0.15) is 63.9 Å². The van der Waals surface area contributed by atoms with Crippen molar-refractivity contribution < 1.29 is 39.4 Å². The zero-order valence-electron chi connectivity index (χ0n) is 23.0. The van der Waals surface area contributed by atoms with Gasteiger partial charge in [-0.2, -0.15) is 0 Å². The lowest BCUT2D eigenvalue weighted by atomic mass is 9.67. The van der Waals surface area contributed by atoms with Gasteiger partial charge in [0, 0.05) is 5.92 Å². The first-order chi connectivity index (χ1) is 19.2. The van der Waals surface area contributed by atoms with Crippen molar-refractivity contribution in [1.29, 1.82) is 0 Å². The van der Waals surface area contributed by atoms with E-state index in [1.165, 1.54) is 12.1 Å². The molecule has 1 aromatic heterocycles. The second-order valence-electron chi connectivity index (χ2n) is 10.6. The van der Waals surface area contributed by atoms with E-state index in [4.69, 9.17) is 4.42 Å². The van der Waals surface area contributed by atoms with Gasteiger partial charge in [-0.05, 0) is 73.5 Å². The summed E-state index contributed by atoms with van der Waals surface area (Å²) in [5.74, 6) is -1.90. The van der Waals surface area contributed by atoms with Crippen molar-refractivity contribution in [2.75, 3.05) is 11.5 Å². The molecule has 2 amide bonds. The van der Waals surface area contributed by atoms with Gasteiger partial charge in [0.25, 0.3) is 0 Å². The van der Waals surface area contributed by atoms with E-state index in [0.29, 0.717) is 42.8 Å². The summed E-state index contributed by atoms with van der Waals surface area (Å²) in [5, 5.41) is 50.4. The highest BCUT2D eigenvalue weighted by Gasteiger charge is 2.55. The van der Waals surface area contributed by atoms with E-state index in [1.54, 1.807) is 24.3 Å². The number of rotatable bonds is 12. The Hall–Kier alpha value is -3.02. The van der Waals surface area contributed by atoms with E-state index in [9.17, 15) is 35.0 Å². The fraction of sp³-hybridized carbons (Fsp3) is 0.467. The molecular weight excluding hydrogens is 513 g/mol. The van der Waals surface area contributed by atoms with Gasteiger partial charge in [0.2, 0.25) is 11.8 Å². The van der Waals surface area contributed by atoms with Crippen LogP contribution in [0.25, 0.3) is 6.08 Å². The number of furan rings is 1. The average Bonchev–Trinajstić information content (AvgIpc) is 3.51. The molecule has 0 bridgehead atoms. The number of benzene rings is 1. The molecule has 2 aromatic rings. The average molecular weight is 551 g/mol. The molecule has 1 fully saturated rings. The van der Waals surface area contributed by atoms with Crippen molar-refractivity contribution in [3.8, 4) is 0 Å². The maximum Gasteiger partial charge on any atom is 0.488 e. The Balaban J connectivity index is 1.60. The van der Waals surface area contributed by atoms with Gasteiger partial charge in [-0.15, -0.1) is 0 Å². The lowest BCUT2D eigenvalue weighted by Crippen LogP contribution is -2.39. The van der Waals surface area contributed by atoms with E-state index in [0.717, 1.165) is 28.9 Å². The Morgan fingerprint density at radius 2 is 1.93 bits per heavy atom. The minimum atomic E-state index is -1.74. The number of imide groups is 1. The Kier molecular flexibility index (Phi) is 9.81. The van der Waals surface area contributed by atoms with Crippen LogP contribution in [0, 0.1) is 17.8 Å². The number of fused-ring (bicyclic) bond motifs is 1. The minimum absolute atomic E-state index is 0.162. The maximum atomic E-state index is 13.7. The SMILES string of the molecule is CCCC1=C([C@H](O)CC/C(=C/c2ccc(CO)o2)CC)[C@H](CO)[C@@H]2C(=O)N(c3cccc(B(O)O)c3)C(=O)[C@@H]2C1. The predicted molar refractivity (Wildman–Crippen MR) is 151 cm³/mol. The predicted octanol–water partition coefficient (Wildman–Crippen LogP) is 2.30. The van der Waals surface area contributed by atoms with Crippen LogP contribution in [0.5, 0.6) is 0 Å². The summed E-state index contributed by atoms with van der Waals surface area (Å²) in [6, 6.07) is 9.53. The molecule has 10 heteroatoms. The second-order valence-corrected chi connectivity index (χ2v) is 10.6. The number of carbonyl (C=O) groups is 2. The van der Waals surface area contributed by atoms with Gasteiger partial charge in [-0.1, -0.05) is 43.5 Å². The molecule has 4 rings (SSSR count). The van der Waals surface area contributed by atoms with Crippen LogP contribution >= 0.6 is 0 Å². The first-order valence-electron chi connectivity index (χ1n) is 14.0. The second kappa shape index (κ2) is 13.1.